The molecule has 0 unspecified atom stereocenters. The standard InChI is InChI=1S/C12H13BrN2OS/c1-8-4-12(5-8,7-14)11(16)15-6-9-2-3-10(13)17-9/h2-3,8H,4-6H2,1H3,(H,15,16). The highest BCUT2D eigenvalue weighted by atomic mass is 79.9. The minimum absolute atomic E-state index is 0.123. The van der Waals surface area contributed by atoms with Crippen molar-refractivity contribution in [3.05, 3.63) is 20.8 Å². The van der Waals surface area contributed by atoms with Gasteiger partial charge in [-0.05, 0) is 46.8 Å². The van der Waals surface area contributed by atoms with Gasteiger partial charge in [0.2, 0.25) is 5.91 Å². The topological polar surface area (TPSA) is 52.9 Å². The molecule has 90 valence electrons. The van der Waals surface area contributed by atoms with Crippen molar-refractivity contribution < 1.29 is 4.79 Å². The first-order chi connectivity index (χ1) is 8.05. The number of carbonyl (C=O) groups excluding carboxylic acids is 1. The fourth-order valence-electron chi connectivity index (χ4n) is 2.24. The van der Waals surface area contributed by atoms with Crippen LogP contribution in [0.15, 0.2) is 15.9 Å². The van der Waals surface area contributed by atoms with E-state index in [1.165, 1.54) is 0 Å². The number of rotatable bonds is 3. The second kappa shape index (κ2) is 4.79. The summed E-state index contributed by atoms with van der Waals surface area (Å²) in [6.45, 7) is 2.58. The SMILES string of the molecule is CC1CC(C#N)(C(=O)NCc2ccc(Br)s2)C1. The maximum absolute atomic E-state index is 12.0. The third kappa shape index (κ3) is 2.53. The average molecular weight is 313 g/mol. The molecule has 1 fully saturated rings. The fourth-order valence-corrected chi connectivity index (χ4v) is 3.66. The van der Waals surface area contributed by atoms with E-state index in [0.717, 1.165) is 8.66 Å². The summed E-state index contributed by atoms with van der Waals surface area (Å²) in [5.41, 5.74) is -0.770. The van der Waals surface area contributed by atoms with Gasteiger partial charge in [-0.15, -0.1) is 11.3 Å². The highest BCUT2D eigenvalue weighted by molar-refractivity contribution is 9.11. The lowest BCUT2D eigenvalue weighted by atomic mass is 9.63. The zero-order valence-electron chi connectivity index (χ0n) is 9.50. The van der Waals surface area contributed by atoms with Crippen LogP contribution in [0.1, 0.15) is 24.6 Å². The number of hydrogen-bond acceptors (Lipinski definition) is 3. The predicted molar refractivity (Wildman–Crippen MR) is 70.3 cm³/mol. The van der Waals surface area contributed by atoms with E-state index in [1.807, 2.05) is 12.1 Å². The molecule has 2 rings (SSSR count). The lowest BCUT2D eigenvalue weighted by molar-refractivity contribution is -0.134. The van der Waals surface area contributed by atoms with E-state index in [2.05, 4.69) is 34.2 Å². The van der Waals surface area contributed by atoms with Gasteiger partial charge in [0.1, 0.15) is 5.41 Å². The van der Waals surface area contributed by atoms with Gasteiger partial charge in [-0.2, -0.15) is 5.26 Å². The van der Waals surface area contributed by atoms with Crippen molar-refractivity contribution in [1.29, 1.82) is 5.26 Å². The molecular formula is C12H13BrN2OS. The Bertz CT molecular complexity index is 471. The molecule has 0 aromatic carbocycles. The van der Waals surface area contributed by atoms with Crippen LogP contribution in [0.3, 0.4) is 0 Å². The molecule has 1 aromatic rings. The Balaban J connectivity index is 1.92. The van der Waals surface area contributed by atoms with Crippen molar-refractivity contribution in [3.63, 3.8) is 0 Å². The molecule has 17 heavy (non-hydrogen) atoms. The molecule has 0 atom stereocenters. The van der Waals surface area contributed by atoms with E-state index in [4.69, 9.17) is 5.26 Å². The molecule has 0 saturated heterocycles. The lowest BCUT2D eigenvalue weighted by Gasteiger charge is -2.39. The lowest BCUT2D eigenvalue weighted by Crippen LogP contribution is -2.47. The van der Waals surface area contributed by atoms with E-state index in [0.29, 0.717) is 25.3 Å². The number of amides is 1. The largest absolute Gasteiger partial charge is 0.350 e. The molecule has 1 N–H and O–H groups in total. The molecule has 5 heteroatoms. The molecule has 0 radical (unpaired) electrons. The third-order valence-electron chi connectivity index (χ3n) is 3.09. The molecule has 1 heterocycles. The quantitative estimate of drug-likeness (QED) is 0.932. The molecule has 0 aliphatic heterocycles. The summed E-state index contributed by atoms with van der Waals surface area (Å²) in [4.78, 5) is 13.1. The van der Waals surface area contributed by atoms with Crippen LogP contribution in [-0.4, -0.2) is 5.91 Å². The van der Waals surface area contributed by atoms with Crippen molar-refractivity contribution in [3.8, 4) is 6.07 Å². The van der Waals surface area contributed by atoms with Crippen LogP contribution >= 0.6 is 27.3 Å². The molecule has 1 amide bonds. The first-order valence-corrected chi connectivity index (χ1v) is 7.10. The van der Waals surface area contributed by atoms with Crippen LogP contribution in [-0.2, 0) is 11.3 Å². The van der Waals surface area contributed by atoms with Crippen LogP contribution < -0.4 is 5.32 Å². The maximum atomic E-state index is 12.0. The first kappa shape index (κ1) is 12.6. The number of hydrogen-bond donors (Lipinski definition) is 1. The molecule has 1 saturated carbocycles. The molecule has 1 aromatic heterocycles. The predicted octanol–water partition coefficient (Wildman–Crippen LogP) is 3.07. The van der Waals surface area contributed by atoms with Gasteiger partial charge >= 0.3 is 0 Å². The van der Waals surface area contributed by atoms with Crippen LogP contribution in [0.2, 0.25) is 0 Å². The molecule has 1 aliphatic carbocycles. The second-order valence-corrected chi connectivity index (χ2v) is 7.14. The van der Waals surface area contributed by atoms with E-state index in [1.54, 1.807) is 11.3 Å². The first-order valence-electron chi connectivity index (χ1n) is 5.49. The maximum Gasteiger partial charge on any atom is 0.240 e. The van der Waals surface area contributed by atoms with Gasteiger partial charge in [0.05, 0.1) is 16.4 Å². The zero-order chi connectivity index (χ0) is 12.5. The summed E-state index contributed by atoms with van der Waals surface area (Å²) in [5, 5.41) is 12.0. The van der Waals surface area contributed by atoms with Crippen LogP contribution in [0.5, 0.6) is 0 Å². The average Bonchev–Trinajstić information content (AvgIpc) is 2.67. The van der Waals surface area contributed by atoms with Gasteiger partial charge in [0.25, 0.3) is 0 Å². The van der Waals surface area contributed by atoms with Crippen molar-refractivity contribution >= 4 is 33.2 Å². The third-order valence-corrected chi connectivity index (χ3v) is 4.72. The van der Waals surface area contributed by atoms with Crippen LogP contribution in [0, 0.1) is 22.7 Å². The van der Waals surface area contributed by atoms with Gasteiger partial charge in [-0.1, -0.05) is 6.92 Å². The fraction of sp³-hybridized carbons (Fsp3) is 0.500. The Morgan fingerprint density at radius 1 is 1.71 bits per heavy atom. The van der Waals surface area contributed by atoms with Crippen molar-refractivity contribution in [2.24, 2.45) is 11.3 Å². The molecular weight excluding hydrogens is 300 g/mol. The van der Waals surface area contributed by atoms with Gasteiger partial charge in [-0.3, -0.25) is 4.79 Å². The Morgan fingerprint density at radius 2 is 2.41 bits per heavy atom. The summed E-state index contributed by atoms with van der Waals surface area (Å²) >= 11 is 4.97. The smallest absolute Gasteiger partial charge is 0.240 e. The van der Waals surface area contributed by atoms with Gasteiger partial charge < -0.3 is 5.32 Å². The molecule has 3 nitrogen and oxygen atoms in total. The minimum Gasteiger partial charge on any atom is -0.350 e. The summed E-state index contributed by atoms with van der Waals surface area (Å²) in [7, 11) is 0. The number of nitrogens with zero attached hydrogens (tertiary/aromatic N) is 1. The van der Waals surface area contributed by atoms with Gasteiger partial charge in [-0.25, -0.2) is 0 Å². The van der Waals surface area contributed by atoms with E-state index < -0.39 is 5.41 Å². The Hall–Kier alpha value is -0.860. The summed E-state index contributed by atoms with van der Waals surface area (Å²) in [6.07, 6.45) is 1.37. The van der Waals surface area contributed by atoms with Crippen molar-refractivity contribution in [1.82, 2.24) is 5.32 Å². The normalized spacial score (nSPS) is 27.0. The highest BCUT2D eigenvalue weighted by Crippen LogP contribution is 2.45. The monoisotopic (exact) mass is 312 g/mol. The number of nitrogens with one attached hydrogen (secondary N) is 1. The Morgan fingerprint density at radius 3 is 2.88 bits per heavy atom. The second-order valence-electron chi connectivity index (χ2n) is 4.60. The highest BCUT2D eigenvalue weighted by Gasteiger charge is 2.48. The minimum atomic E-state index is -0.770. The Labute approximate surface area is 113 Å². The molecule has 0 spiro atoms. The van der Waals surface area contributed by atoms with Crippen molar-refractivity contribution in [2.45, 2.75) is 26.3 Å². The Kier molecular flexibility index (Phi) is 3.55. The number of nitriles is 1. The molecule has 1 aliphatic rings. The number of thiophene rings is 1. The summed E-state index contributed by atoms with van der Waals surface area (Å²) in [5.74, 6) is 0.360. The number of halogens is 1. The van der Waals surface area contributed by atoms with Crippen LogP contribution in [0.4, 0.5) is 0 Å². The van der Waals surface area contributed by atoms with E-state index >= 15 is 0 Å². The van der Waals surface area contributed by atoms with Crippen molar-refractivity contribution in [2.75, 3.05) is 0 Å². The van der Waals surface area contributed by atoms with Crippen LogP contribution in [0.25, 0.3) is 0 Å². The number of carbonyl (C=O) groups is 1. The zero-order valence-corrected chi connectivity index (χ0v) is 11.9. The molecule has 0 bridgehead atoms. The van der Waals surface area contributed by atoms with Gasteiger partial charge in [0, 0.05) is 4.88 Å². The summed E-state index contributed by atoms with van der Waals surface area (Å²) < 4.78 is 1.05. The van der Waals surface area contributed by atoms with E-state index in [9.17, 15) is 4.79 Å². The summed E-state index contributed by atoms with van der Waals surface area (Å²) in [6, 6.07) is 6.09. The van der Waals surface area contributed by atoms with E-state index in [-0.39, 0.29) is 5.91 Å². The van der Waals surface area contributed by atoms with Gasteiger partial charge in [0.15, 0.2) is 0 Å².